The highest BCUT2D eigenvalue weighted by Crippen LogP contribution is 2.08. The van der Waals surface area contributed by atoms with Crippen LogP contribution in [0.15, 0.2) is 24.3 Å². The van der Waals surface area contributed by atoms with E-state index in [1.807, 2.05) is 20.9 Å². The molecule has 6 heteroatoms. The summed E-state index contributed by atoms with van der Waals surface area (Å²) in [6.45, 7) is 6.57. The lowest BCUT2D eigenvalue weighted by Gasteiger charge is -2.18. The van der Waals surface area contributed by atoms with Crippen molar-refractivity contribution in [2.75, 3.05) is 33.2 Å². The van der Waals surface area contributed by atoms with Crippen molar-refractivity contribution in [1.82, 2.24) is 15.5 Å². The summed E-state index contributed by atoms with van der Waals surface area (Å²) in [4.78, 5) is 25.7. The lowest BCUT2D eigenvalue weighted by Crippen LogP contribution is -2.31. The standard InChI is InChI=1S/C15H23N3O2.ClH/c1-4-18(5-2)15(20)13-8-6-12(7-9-13)14(19)17-11-10-16-3;/h6-9,16H,4-5,10-11H2,1-3H3,(H,17,19);1H. The highest BCUT2D eigenvalue weighted by molar-refractivity contribution is 5.97. The number of carbonyl (C=O) groups is 2. The van der Waals surface area contributed by atoms with E-state index in [1.165, 1.54) is 0 Å². The number of hydrogen-bond acceptors (Lipinski definition) is 3. The summed E-state index contributed by atoms with van der Waals surface area (Å²) >= 11 is 0. The third-order valence-corrected chi connectivity index (χ3v) is 3.11. The van der Waals surface area contributed by atoms with Crippen molar-refractivity contribution < 1.29 is 9.59 Å². The Morgan fingerprint density at radius 3 is 2.00 bits per heavy atom. The van der Waals surface area contributed by atoms with Crippen LogP contribution in [0.4, 0.5) is 0 Å². The summed E-state index contributed by atoms with van der Waals surface area (Å²) < 4.78 is 0. The van der Waals surface area contributed by atoms with Crippen molar-refractivity contribution >= 4 is 24.2 Å². The molecule has 0 aliphatic rings. The van der Waals surface area contributed by atoms with Crippen LogP contribution < -0.4 is 10.6 Å². The van der Waals surface area contributed by atoms with E-state index < -0.39 is 0 Å². The SMILES string of the molecule is CCN(CC)C(=O)c1ccc(C(=O)NCCNC)cc1.Cl. The molecule has 0 unspecified atom stereocenters. The van der Waals surface area contributed by atoms with Crippen LogP contribution in [0.1, 0.15) is 34.6 Å². The van der Waals surface area contributed by atoms with Crippen molar-refractivity contribution in [1.29, 1.82) is 0 Å². The van der Waals surface area contributed by atoms with Gasteiger partial charge in [0.15, 0.2) is 0 Å². The fraction of sp³-hybridized carbons (Fsp3) is 0.467. The number of nitrogens with one attached hydrogen (secondary N) is 2. The molecule has 0 aromatic heterocycles. The van der Waals surface area contributed by atoms with Crippen molar-refractivity contribution in [2.24, 2.45) is 0 Å². The second kappa shape index (κ2) is 10.2. The van der Waals surface area contributed by atoms with E-state index in [2.05, 4.69) is 10.6 Å². The monoisotopic (exact) mass is 313 g/mol. The van der Waals surface area contributed by atoms with Crippen molar-refractivity contribution in [3.8, 4) is 0 Å². The Kier molecular flexibility index (Phi) is 9.41. The third kappa shape index (κ3) is 5.73. The third-order valence-electron chi connectivity index (χ3n) is 3.11. The maximum Gasteiger partial charge on any atom is 0.253 e. The van der Waals surface area contributed by atoms with Crippen LogP contribution >= 0.6 is 12.4 Å². The van der Waals surface area contributed by atoms with Crippen LogP contribution in [0.5, 0.6) is 0 Å². The van der Waals surface area contributed by atoms with Crippen LogP contribution in [-0.4, -0.2) is 49.9 Å². The molecule has 1 aromatic rings. The Balaban J connectivity index is 0.00000400. The first-order valence-electron chi connectivity index (χ1n) is 6.96. The van der Waals surface area contributed by atoms with Gasteiger partial charge in [0.2, 0.25) is 0 Å². The van der Waals surface area contributed by atoms with Gasteiger partial charge in [-0.1, -0.05) is 0 Å². The fourth-order valence-corrected chi connectivity index (χ4v) is 1.86. The highest BCUT2D eigenvalue weighted by Gasteiger charge is 2.13. The lowest BCUT2D eigenvalue weighted by atomic mass is 10.1. The number of amides is 2. The summed E-state index contributed by atoms with van der Waals surface area (Å²) in [5.41, 5.74) is 1.18. The Hall–Kier alpha value is -1.59. The molecule has 0 saturated carbocycles. The molecular formula is C15H24ClN3O2. The number of hydrogen-bond donors (Lipinski definition) is 2. The molecule has 2 amide bonds. The van der Waals surface area contributed by atoms with Crippen LogP contribution in [0.3, 0.4) is 0 Å². The van der Waals surface area contributed by atoms with Gasteiger partial charge in [0.25, 0.3) is 11.8 Å². The highest BCUT2D eigenvalue weighted by atomic mass is 35.5. The molecule has 0 aliphatic heterocycles. The first-order valence-corrected chi connectivity index (χ1v) is 6.96. The van der Waals surface area contributed by atoms with Gasteiger partial charge in [-0.2, -0.15) is 0 Å². The molecule has 0 bridgehead atoms. The molecule has 1 rings (SSSR count). The quantitative estimate of drug-likeness (QED) is 0.751. The summed E-state index contributed by atoms with van der Waals surface area (Å²) in [6.07, 6.45) is 0. The zero-order valence-electron chi connectivity index (χ0n) is 12.8. The Bertz CT molecular complexity index is 445. The van der Waals surface area contributed by atoms with Crippen LogP contribution in [-0.2, 0) is 0 Å². The van der Waals surface area contributed by atoms with Gasteiger partial charge in [-0.05, 0) is 45.2 Å². The summed E-state index contributed by atoms with van der Waals surface area (Å²) in [5.74, 6) is -0.126. The average Bonchev–Trinajstić information content (AvgIpc) is 2.48. The molecule has 2 N–H and O–H groups in total. The van der Waals surface area contributed by atoms with Gasteiger partial charge >= 0.3 is 0 Å². The number of carbonyl (C=O) groups excluding carboxylic acids is 2. The second-order valence-electron chi connectivity index (χ2n) is 4.41. The van der Waals surface area contributed by atoms with Gasteiger partial charge in [0, 0.05) is 37.3 Å². The summed E-state index contributed by atoms with van der Waals surface area (Å²) in [6, 6.07) is 6.78. The predicted octanol–water partition coefficient (Wildman–Crippen LogP) is 1.54. The minimum Gasteiger partial charge on any atom is -0.351 e. The average molecular weight is 314 g/mol. The van der Waals surface area contributed by atoms with Gasteiger partial charge in [-0.15, -0.1) is 12.4 Å². The fourth-order valence-electron chi connectivity index (χ4n) is 1.86. The number of likely N-dealkylation sites (N-methyl/N-ethyl adjacent to an activating group) is 1. The van der Waals surface area contributed by atoms with Gasteiger partial charge < -0.3 is 15.5 Å². The first-order chi connectivity index (χ1) is 9.63. The topological polar surface area (TPSA) is 61.4 Å². The van der Waals surface area contributed by atoms with Crippen molar-refractivity contribution in [3.63, 3.8) is 0 Å². The number of halogens is 1. The molecule has 0 atom stereocenters. The largest absolute Gasteiger partial charge is 0.351 e. The summed E-state index contributed by atoms with van der Waals surface area (Å²) in [5, 5.41) is 5.76. The van der Waals surface area contributed by atoms with Crippen LogP contribution in [0.25, 0.3) is 0 Å². The zero-order valence-corrected chi connectivity index (χ0v) is 13.6. The van der Waals surface area contributed by atoms with Crippen molar-refractivity contribution in [3.05, 3.63) is 35.4 Å². The lowest BCUT2D eigenvalue weighted by molar-refractivity contribution is 0.0772. The van der Waals surface area contributed by atoms with Gasteiger partial charge in [-0.3, -0.25) is 9.59 Å². The molecule has 0 fully saturated rings. The van der Waals surface area contributed by atoms with E-state index >= 15 is 0 Å². The van der Waals surface area contributed by atoms with E-state index in [1.54, 1.807) is 29.2 Å². The number of nitrogens with zero attached hydrogens (tertiary/aromatic N) is 1. The Labute approximate surface area is 132 Å². The van der Waals surface area contributed by atoms with Crippen LogP contribution in [0.2, 0.25) is 0 Å². The molecule has 0 radical (unpaired) electrons. The predicted molar refractivity (Wildman–Crippen MR) is 87.2 cm³/mol. The van der Waals surface area contributed by atoms with Gasteiger partial charge in [0.1, 0.15) is 0 Å². The number of benzene rings is 1. The molecule has 118 valence electrons. The maximum atomic E-state index is 12.1. The normalized spacial score (nSPS) is 9.67. The molecular weight excluding hydrogens is 290 g/mol. The van der Waals surface area contributed by atoms with E-state index in [4.69, 9.17) is 0 Å². The first kappa shape index (κ1) is 19.4. The number of rotatable bonds is 7. The molecule has 5 nitrogen and oxygen atoms in total. The minimum absolute atomic E-state index is 0. The van der Waals surface area contributed by atoms with Gasteiger partial charge in [0.05, 0.1) is 0 Å². The molecule has 0 spiro atoms. The van der Waals surface area contributed by atoms with E-state index in [9.17, 15) is 9.59 Å². The van der Waals surface area contributed by atoms with E-state index in [0.717, 1.165) is 6.54 Å². The van der Waals surface area contributed by atoms with Crippen molar-refractivity contribution in [2.45, 2.75) is 13.8 Å². The minimum atomic E-state index is -0.123. The van der Waals surface area contributed by atoms with E-state index in [0.29, 0.717) is 30.8 Å². The Morgan fingerprint density at radius 1 is 1.00 bits per heavy atom. The van der Waals surface area contributed by atoms with E-state index in [-0.39, 0.29) is 24.2 Å². The summed E-state index contributed by atoms with van der Waals surface area (Å²) in [7, 11) is 1.83. The molecule has 0 aliphatic carbocycles. The van der Waals surface area contributed by atoms with Gasteiger partial charge in [-0.25, -0.2) is 0 Å². The zero-order chi connectivity index (χ0) is 15.0. The smallest absolute Gasteiger partial charge is 0.253 e. The molecule has 0 saturated heterocycles. The maximum absolute atomic E-state index is 12.1. The molecule has 1 aromatic carbocycles. The Morgan fingerprint density at radius 2 is 1.52 bits per heavy atom. The second-order valence-corrected chi connectivity index (χ2v) is 4.41. The van der Waals surface area contributed by atoms with Crippen LogP contribution in [0, 0.1) is 0 Å². The molecule has 21 heavy (non-hydrogen) atoms. The molecule has 0 heterocycles.